The molecule has 190 valence electrons. The third kappa shape index (κ3) is 6.59. The summed E-state index contributed by atoms with van der Waals surface area (Å²) in [5.41, 5.74) is 1.45. The molecule has 0 spiro atoms. The molecule has 2 aromatic carbocycles. The molecule has 7 nitrogen and oxygen atoms in total. The van der Waals surface area contributed by atoms with Gasteiger partial charge < -0.3 is 9.30 Å². The maximum absolute atomic E-state index is 13.0. The van der Waals surface area contributed by atoms with Gasteiger partial charge >= 0.3 is 6.18 Å². The van der Waals surface area contributed by atoms with Crippen molar-refractivity contribution in [1.29, 1.82) is 5.26 Å². The van der Waals surface area contributed by atoms with Gasteiger partial charge in [-0.1, -0.05) is 23.9 Å². The van der Waals surface area contributed by atoms with E-state index in [1.165, 1.54) is 23.9 Å². The molecule has 0 saturated carbocycles. The largest absolute Gasteiger partial charge is 0.456 e. The molecule has 0 N–H and O–H groups in total. The predicted octanol–water partition coefficient (Wildman–Crippen LogP) is 5.12. The average molecular weight is 526 g/mol. The maximum atomic E-state index is 13.0. The van der Waals surface area contributed by atoms with Crippen LogP contribution in [0.2, 0.25) is 0 Å². The van der Waals surface area contributed by atoms with E-state index >= 15 is 0 Å². The Bertz CT molecular complexity index is 1520. The van der Waals surface area contributed by atoms with Crippen LogP contribution in [-0.4, -0.2) is 25.1 Å². The van der Waals surface area contributed by atoms with Crippen molar-refractivity contribution in [3.8, 4) is 17.6 Å². The van der Waals surface area contributed by atoms with E-state index in [0.29, 0.717) is 29.3 Å². The van der Waals surface area contributed by atoms with Crippen LogP contribution in [0.3, 0.4) is 0 Å². The molecule has 37 heavy (non-hydrogen) atoms. The van der Waals surface area contributed by atoms with Crippen molar-refractivity contribution in [2.24, 2.45) is 14.1 Å². The first-order valence-corrected chi connectivity index (χ1v) is 12.2. The van der Waals surface area contributed by atoms with Gasteiger partial charge in [-0.2, -0.15) is 28.5 Å². The highest BCUT2D eigenvalue weighted by atomic mass is 32.2. The van der Waals surface area contributed by atoms with Gasteiger partial charge in [0.2, 0.25) is 0 Å². The Hall–Kier alpha value is -4.04. The lowest BCUT2D eigenvalue weighted by Gasteiger charge is -2.12. The molecule has 0 bridgehead atoms. The lowest BCUT2D eigenvalue weighted by Crippen LogP contribution is -2.18. The van der Waals surface area contributed by atoms with Gasteiger partial charge in [-0.3, -0.25) is 9.48 Å². The van der Waals surface area contributed by atoms with Crippen LogP contribution in [-0.2, 0) is 33.1 Å². The van der Waals surface area contributed by atoms with Crippen molar-refractivity contribution < 1.29 is 17.9 Å². The number of aryl methyl sites for hydroxylation is 3. The minimum absolute atomic E-state index is 0.00593. The molecule has 0 fully saturated rings. The fourth-order valence-electron chi connectivity index (χ4n) is 3.65. The standard InChI is InChI=1S/C26H22F3N5O2S/c1-33-16-20(11-18-14-31-34(2)15-18)24(35)32-25(33)37-9-8-17-6-7-23(19(10-17)13-30)36-22-5-3-4-21(12-22)26(27,28)29/h3-7,10,12,14-16H,8-9,11H2,1-2H3. The summed E-state index contributed by atoms with van der Waals surface area (Å²) in [7, 11) is 3.64. The van der Waals surface area contributed by atoms with Crippen molar-refractivity contribution in [3.05, 3.63) is 99.2 Å². The Labute approximate surface area is 215 Å². The van der Waals surface area contributed by atoms with Crippen LogP contribution in [0, 0.1) is 11.3 Å². The Morgan fingerprint density at radius 1 is 1.11 bits per heavy atom. The topological polar surface area (TPSA) is 85.7 Å². The number of nitriles is 1. The van der Waals surface area contributed by atoms with Crippen molar-refractivity contribution in [3.63, 3.8) is 0 Å². The number of nitrogens with zero attached hydrogens (tertiary/aromatic N) is 5. The zero-order chi connectivity index (χ0) is 26.6. The minimum Gasteiger partial charge on any atom is -0.456 e. The molecule has 0 amide bonds. The molecule has 2 aromatic heterocycles. The number of ether oxygens (including phenoxy) is 1. The van der Waals surface area contributed by atoms with Gasteiger partial charge in [-0.25, -0.2) is 0 Å². The maximum Gasteiger partial charge on any atom is 0.416 e. The first-order valence-electron chi connectivity index (χ1n) is 11.2. The molecule has 11 heteroatoms. The fraction of sp³-hybridized carbons (Fsp3) is 0.231. The summed E-state index contributed by atoms with van der Waals surface area (Å²) < 4.78 is 48.0. The molecule has 0 aliphatic carbocycles. The zero-order valence-corrected chi connectivity index (χ0v) is 20.8. The van der Waals surface area contributed by atoms with Gasteiger partial charge in [0.1, 0.15) is 17.6 Å². The third-order valence-electron chi connectivity index (χ3n) is 5.45. The number of benzene rings is 2. The van der Waals surface area contributed by atoms with Crippen LogP contribution in [0.1, 0.15) is 27.8 Å². The van der Waals surface area contributed by atoms with Gasteiger partial charge in [0, 0.05) is 44.2 Å². The molecule has 2 heterocycles. The summed E-state index contributed by atoms with van der Waals surface area (Å²) in [6.07, 6.45) is 1.89. The van der Waals surface area contributed by atoms with Crippen LogP contribution in [0.15, 0.2) is 71.0 Å². The second-order valence-corrected chi connectivity index (χ2v) is 9.39. The molecule has 4 rings (SSSR count). The Morgan fingerprint density at radius 2 is 1.92 bits per heavy atom. The number of rotatable bonds is 8. The van der Waals surface area contributed by atoms with Crippen LogP contribution in [0.25, 0.3) is 0 Å². The highest BCUT2D eigenvalue weighted by Crippen LogP contribution is 2.33. The second kappa shape index (κ2) is 10.9. The van der Waals surface area contributed by atoms with Crippen molar-refractivity contribution in [1.82, 2.24) is 19.3 Å². The van der Waals surface area contributed by atoms with Crippen molar-refractivity contribution in [2.75, 3.05) is 5.75 Å². The van der Waals surface area contributed by atoms with E-state index in [2.05, 4.69) is 10.1 Å². The molecular formula is C26H22F3N5O2S. The summed E-state index contributed by atoms with van der Waals surface area (Å²) in [6.45, 7) is 0. The lowest BCUT2D eigenvalue weighted by atomic mass is 10.1. The van der Waals surface area contributed by atoms with E-state index in [4.69, 9.17) is 4.74 Å². The summed E-state index contributed by atoms with van der Waals surface area (Å²) in [4.78, 5) is 16.7. The smallest absolute Gasteiger partial charge is 0.416 e. The van der Waals surface area contributed by atoms with Gasteiger partial charge in [0.05, 0.1) is 17.3 Å². The van der Waals surface area contributed by atoms with Crippen LogP contribution in [0.5, 0.6) is 11.5 Å². The number of aromatic nitrogens is 4. The third-order valence-corrected chi connectivity index (χ3v) is 6.50. The number of alkyl halides is 3. The average Bonchev–Trinajstić information content (AvgIpc) is 3.27. The Morgan fingerprint density at radius 3 is 2.62 bits per heavy atom. The highest BCUT2D eigenvalue weighted by molar-refractivity contribution is 7.99. The SMILES string of the molecule is Cn1cc(Cc2cn(C)c(SCCc3ccc(Oc4cccc(C(F)(F)F)c4)c(C#N)c3)nc2=O)cn1. The molecule has 4 aromatic rings. The monoisotopic (exact) mass is 525 g/mol. The van der Waals surface area contributed by atoms with Crippen LogP contribution in [0.4, 0.5) is 13.2 Å². The normalized spacial score (nSPS) is 11.4. The van der Waals surface area contributed by atoms with E-state index in [1.807, 2.05) is 30.9 Å². The minimum atomic E-state index is -4.49. The number of halogens is 3. The first kappa shape index (κ1) is 26.0. The van der Waals surface area contributed by atoms with Gasteiger partial charge in [0.25, 0.3) is 5.56 Å². The fourth-order valence-corrected chi connectivity index (χ4v) is 4.58. The molecule has 0 atom stereocenters. The molecule has 0 aliphatic rings. The Kier molecular flexibility index (Phi) is 7.69. The van der Waals surface area contributed by atoms with E-state index < -0.39 is 11.7 Å². The predicted molar refractivity (Wildman–Crippen MR) is 133 cm³/mol. The van der Waals surface area contributed by atoms with Crippen molar-refractivity contribution >= 4 is 11.8 Å². The van der Waals surface area contributed by atoms with Gasteiger partial charge in [-0.05, 0) is 47.9 Å². The quantitative estimate of drug-likeness (QED) is 0.234. The number of hydrogen-bond acceptors (Lipinski definition) is 6. The van der Waals surface area contributed by atoms with Gasteiger partial charge in [-0.15, -0.1) is 0 Å². The van der Waals surface area contributed by atoms with Crippen LogP contribution < -0.4 is 10.3 Å². The lowest BCUT2D eigenvalue weighted by molar-refractivity contribution is -0.137. The van der Waals surface area contributed by atoms with E-state index in [0.717, 1.165) is 23.3 Å². The number of thioether (sulfide) groups is 1. The summed E-state index contributed by atoms with van der Waals surface area (Å²) in [5.74, 6) is 0.765. The molecule has 0 unspecified atom stereocenters. The highest BCUT2D eigenvalue weighted by Gasteiger charge is 2.30. The summed E-state index contributed by atoms with van der Waals surface area (Å²) in [5, 5.41) is 14.2. The van der Waals surface area contributed by atoms with E-state index in [-0.39, 0.29) is 22.6 Å². The molecule has 0 radical (unpaired) electrons. The van der Waals surface area contributed by atoms with Crippen molar-refractivity contribution in [2.45, 2.75) is 24.2 Å². The van der Waals surface area contributed by atoms with E-state index in [9.17, 15) is 23.2 Å². The Balaban J connectivity index is 1.40. The zero-order valence-electron chi connectivity index (χ0n) is 20.0. The van der Waals surface area contributed by atoms with E-state index in [1.54, 1.807) is 35.3 Å². The first-order chi connectivity index (χ1) is 17.6. The molecule has 0 saturated heterocycles. The molecular weight excluding hydrogens is 503 g/mol. The molecule has 0 aliphatic heterocycles. The van der Waals surface area contributed by atoms with Gasteiger partial charge in [0.15, 0.2) is 5.16 Å². The number of hydrogen-bond donors (Lipinski definition) is 0. The summed E-state index contributed by atoms with van der Waals surface area (Å²) in [6, 6.07) is 11.5. The van der Waals surface area contributed by atoms with Crippen LogP contribution >= 0.6 is 11.8 Å². The second-order valence-electron chi connectivity index (χ2n) is 8.33. The summed E-state index contributed by atoms with van der Waals surface area (Å²) >= 11 is 1.41.